The summed E-state index contributed by atoms with van der Waals surface area (Å²) in [4.78, 5) is 12.1. The predicted octanol–water partition coefficient (Wildman–Crippen LogP) is 5.32. The Morgan fingerprint density at radius 3 is 2.48 bits per heavy atom. The van der Waals surface area contributed by atoms with Crippen LogP contribution in [0.4, 0.5) is 4.79 Å². The molecule has 0 bridgehead atoms. The number of methoxy groups -OCH3 is 1. The molecule has 0 aromatic heterocycles. The summed E-state index contributed by atoms with van der Waals surface area (Å²) in [5, 5.41) is 2.74. The van der Waals surface area contributed by atoms with E-state index in [-0.39, 0.29) is 0 Å². The molecule has 1 amide bonds. The Morgan fingerprint density at radius 1 is 1.07 bits per heavy atom. The SMILES string of the molecule is C=CCc1ccc(OC(=O)NCCC)c(-c2ccc(OC)c(CC=C)c2)c1. The van der Waals surface area contributed by atoms with E-state index < -0.39 is 6.09 Å². The van der Waals surface area contributed by atoms with Gasteiger partial charge in [0.25, 0.3) is 0 Å². The topological polar surface area (TPSA) is 47.6 Å². The predicted molar refractivity (Wildman–Crippen MR) is 111 cm³/mol. The van der Waals surface area contributed by atoms with Gasteiger partial charge in [-0.1, -0.05) is 31.2 Å². The second-order valence-electron chi connectivity index (χ2n) is 6.16. The third-order valence-electron chi connectivity index (χ3n) is 4.10. The van der Waals surface area contributed by atoms with Crippen molar-refractivity contribution in [1.29, 1.82) is 0 Å². The minimum atomic E-state index is -0.450. The number of amides is 1. The van der Waals surface area contributed by atoms with E-state index >= 15 is 0 Å². The van der Waals surface area contributed by atoms with Crippen LogP contribution in [0.1, 0.15) is 24.5 Å². The van der Waals surface area contributed by atoms with Gasteiger partial charge in [-0.15, -0.1) is 13.2 Å². The van der Waals surface area contributed by atoms with Crippen molar-refractivity contribution >= 4 is 6.09 Å². The first-order valence-corrected chi connectivity index (χ1v) is 9.10. The molecular weight excluding hydrogens is 338 g/mol. The van der Waals surface area contributed by atoms with Gasteiger partial charge in [0.05, 0.1) is 7.11 Å². The second kappa shape index (κ2) is 10.2. The number of nitrogens with one attached hydrogen (secondary N) is 1. The molecule has 2 aromatic carbocycles. The standard InChI is InChI=1S/C23H27NO3/c1-5-8-17-10-12-22(27-23(25)24-14-7-3)20(15-17)18-11-13-21(26-4)19(16-18)9-6-2/h5-6,10-13,15-16H,1-2,7-9,14H2,3-4H3,(H,24,25). The van der Waals surface area contributed by atoms with E-state index in [9.17, 15) is 4.79 Å². The first-order valence-electron chi connectivity index (χ1n) is 9.10. The molecule has 4 heteroatoms. The van der Waals surface area contributed by atoms with E-state index in [2.05, 4.69) is 18.5 Å². The van der Waals surface area contributed by atoms with Crippen LogP contribution in [-0.4, -0.2) is 19.7 Å². The molecule has 0 saturated heterocycles. The van der Waals surface area contributed by atoms with E-state index in [0.29, 0.717) is 18.7 Å². The van der Waals surface area contributed by atoms with Gasteiger partial charge in [0.1, 0.15) is 11.5 Å². The molecule has 142 valence electrons. The van der Waals surface area contributed by atoms with Gasteiger partial charge in [0.15, 0.2) is 0 Å². The number of benzene rings is 2. The van der Waals surface area contributed by atoms with E-state index in [1.54, 1.807) is 7.11 Å². The fraction of sp³-hybridized carbons (Fsp3) is 0.261. The monoisotopic (exact) mass is 365 g/mol. The molecule has 0 aliphatic rings. The van der Waals surface area contributed by atoms with Crippen molar-refractivity contribution < 1.29 is 14.3 Å². The van der Waals surface area contributed by atoms with Gasteiger partial charge in [-0.2, -0.15) is 0 Å². The summed E-state index contributed by atoms with van der Waals surface area (Å²) in [6.07, 6.45) is 5.52. The Balaban J connectivity index is 2.46. The summed E-state index contributed by atoms with van der Waals surface area (Å²) in [7, 11) is 1.65. The van der Waals surface area contributed by atoms with Crippen molar-refractivity contribution in [2.45, 2.75) is 26.2 Å². The quantitative estimate of drug-likeness (QED) is 0.612. The van der Waals surface area contributed by atoms with Gasteiger partial charge >= 0.3 is 6.09 Å². The third kappa shape index (κ3) is 5.48. The number of ether oxygens (including phenoxy) is 2. The third-order valence-corrected chi connectivity index (χ3v) is 4.10. The van der Waals surface area contributed by atoms with Gasteiger partial charge in [0.2, 0.25) is 0 Å². The number of carbonyl (C=O) groups excluding carboxylic acids is 1. The maximum Gasteiger partial charge on any atom is 0.412 e. The van der Waals surface area contributed by atoms with Gasteiger partial charge in [-0.3, -0.25) is 0 Å². The van der Waals surface area contributed by atoms with Gasteiger partial charge < -0.3 is 14.8 Å². The molecule has 0 radical (unpaired) electrons. The van der Waals surface area contributed by atoms with Crippen molar-refractivity contribution in [3.63, 3.8) is 0 Å². The molecule has 4 nitrogen and oxygen atoms in total. The average molecular weight is 365 g/mol. The molecule has 0 atom stereocenters. The molecule has 0 aliphatic heterocycles. The largest absolute Gasteiger partial charge is 0.496 e. The van der Waals surface area contributed by atoms with Crippen LogP contribution in [-0.2, 0) is 12.8 Å². The zero-order valence-electron chi connectivity index (χ0n) is 16.1. The second-order valence-corrected chi connectivity index (χ2v) is 6.16. The van der Waals surface area contributed by atoms with E-state index in [4.69, 9.17) is 9.47 Å². The number of carbonyl (C=O) groups is 1. The highest BCUT2D eigenvalue weighted by atomic mass is 16.6. The molecule has 0 fully saturated rings. The van der Waals surface area contributed by atoms with Gasteiger partial charge in [-0.05, 0) is 60.2 Å². The zero-order valence-corrected chi connectivity index (χ0v) is 16.1. The molecule has 2 rings (SSSR count). The number of hydrogen-bond acceptors (Lipinski definition) is 3. The van der Waals surface area contributed by atoms with Crippen molar-refractivity contribution in [3.8, 4) is 22.6 Å². The Labute approximate surface area is 161 Å². The summed E-state index contributed by atoms with van der Waals surface area (Å²) < 4.78 is 11.0. The van der Waals surface area contributed by atoms with Crippen LogP contribution in [0.5, 0.6) is 11.5 Å². The van der Waals surface area contributed by atoms with Crippen LogP contribution in [0.15, 0.2) is 61.7 Å². The Bertz CT molecular complexity index is 811. The fourth-order valence-electron chi connectivity index (χ4n) is 2.81. The van der Waals surface area contributed by atoms with Crippen LogP contribution in [0.25, 0.3) is 11.1 Å². The fourth-order valence-corrected chi connectivity index (χ4v) is 2.81. The van der Waals surface area contributed by atoms with Crippen molar-refractivity contribution in [2.24, 2.45) is 0 Å². The van der Waals surface area contributed by atoms with Crippen LogP contribution in [0.2, 0.25) is 0 Å². The Morgan fingerprint density at radius 2 is 1.81 bits per heavy atom. The lowest BCUT2D eigenvalue weighted by molar-refractivity contribution is 0.200. The van der Waals surface area contributed by atoms with Crippen LogP contribution in [0, 0.1) is 0 Å². The molecule has 0 aliphatic carbocycles. The first-order chi connectivity index (χ1) is 13.1. The van der Waals surface area contributed by atoms with Crippen molar-refractivity contribution in [2.75, 3.05) is 13.7 Å². The summed E-state index contributed by atoms with van der Waals surface area (Å²) in [6.45, 7) is 10.2. The van der Waals surface area contributed by atoms with E-state index in [1.165, 1.54) is 0 Å². The lowest BCUT2D eigenvalue weighted by Crippen LogP contribution is -2.27. The molecule has 1 N–H and O–H groups in total. The minimum absolute atomic E-state index is 0.450. The van der Waals surface area contributed by atoms with Crippen LogP contribution >= 0.6 is 0 Å². The van der Waals surface area contributed by atoms with Crippen molar-refractivity contribution in [3.05, 3.63) is 72.8 Å². The molecule has 27 heavy (non-hydrogen) atoms. The number of allylic oxidation sites excluding steroid dienone is 2. The first kappa shape index (κ1) is 20.3. The summed E-state index contributed by atoms with van der Waals surface area (Å²) >= 11 is 0. The molecule has 2 aromatic rings. The summed E-state index contributed by atoms with van der Waals surface area (Å²) in [5.74, 6) is 1.33. The smallest absolute Gasteiger partial charge is 0.412 e. The minimum Gasteiger partial charge on any atom is -0.496 e. The van der Waals surface area contributed by atoms with Crippen molar-refractivity contribution in [1.82, 2.24) is 5.32 Å². The Hall–Kier alpha value is -3.01. The molecular formula is C23H27NO3. The highest BCUT2D eigenvalue weighted by molar-refractivity contribution is 5.78. The lowest BCUT2D eigenvalue weighted by Gasteiger charge is -2.14. The van der Waals surface area contributed by atoms with Gasteiger partial charge in [0, 0.05) is 12.1 Å². The summed E-state index contributed by atoms with van der Waals surface area (Å²) in [6, 6.07) is 11.7. The molecule has 0 spiro atoms. The molecule has 0 heterocycles. The molecule has 0 saturated carbocycles. The average Bonchev–Trinajstić information content (AvgIpc) is 2.68. The highest BCUT2D eigenvalue weighted by Crippen LogP contribution is 2.34. The lowest BCUT2D eigenvalue weighted by atomic mass is 9.97. The molecule has 0 unspecified atom stereocenters. The van der Waals surface area contributed by atoms with Crippen LogP contribution < -0.4 is 14.8 Å². The van der Waals surface area contributed by atoms with Gasteiger partial charge in [-0.25, -0.2) is 4.79 Å². The van der Waals surface area contributed by atoms with Crippen LogP contribution in [0.3, 0.4) is 0 Å². The number of hydrogen-bond donors (Lipinski definition) is 1. The highest BCUT2D eigenvalue weighted by Gasteiger charge is 2.13. The normalized spacial score (nSPS) is 10.1. The maximum atomic E-state index is 12.1. The maximum absolute atomic E-state index is 12.1. The number of rotatable bonds is 9. The summed E-state index contributed by atoms with van der Waals surface area (Å²) in [5.41, 5.74) is 3.94. The Kier molecular flexibility index (Phi) is 7.68. The van der Waals surface area contributed by atoms with E-state index in [1.807, 2.05) is 55.5 Å². The van der Waals surface area contributed by atoms with E-state index in [0.717, 1.165) is 40.8 Å². The zero-order chi connectivity index (χ0) is 19.6.